The molecule has 1 saturated carbocycles. The van der Waals surface area contributed by atoms with Crippen LogP contribution in [-0.4, -0.2) is 24.7 Å². The Kier molecular flexibility index (Phi) is 0.185. The van der Waals surface area contributed by atoms with Crippen LogP contribution in [0.5, 0.6) is 0 Å². The monoisotopic (exact) mass is 122 g/mol. The molecule has 2 unspecified atom stereocenters. The maximum Gasteiger partial charge on any atom is 0.0570 e. The molecular weight excluding hydrogens is 102 g/mol. The summed E-state index contributed by atoms with van der Waals surface area (Å²) in [6.45, 7) is -9.02. The minimum Gasteiger partial charge on any atom is -0.396 e. The van der Waals surface area contributed by atoms with Crippen LogP contribution in [0.4, 0.5) is 0 Å². The summed E-state index contributed by atoms with van der Waals surface area (Å²) in [5.41, 5.74) is -2.80. The van der Waals surface area contributed by atoms with E-state index in [4.69, 9.17) is 12.3 Å². The van der Waals surface area contributed by atoms with Gasteiger partial charge in [-0.25, -0.2) is 0 Å². The Balaban J connectivity index is 2.74. The SMILES string of the molecule is [2H]C([2H])(O)C12C([2H])([2H])NC([2H])([2H])C1([2H])C2([2H])[2H]. The van der Waals surface area contributed by atoms with Crippen molar-refractivity contribution < 1.29 is 17.4 Å². The number of aliphatic hydroxyl groups is 1. The molecule has 8 heavy (non-hydrogen) atoms. The molecule has 1 heterocycles. The average molecular weight is 122 g/mol. The third-order valence-corrected chi connectivity index (χ3v) is 1.23. The number of hydrogen-bond acceptors (Lipinski definition) is 2. The Hall–Kier alpha value is -0.0800. The molecule has 1 aliphatic heterocycles. The van der Waals surface area contributed by atoms with Crippen LogP contribution in [-0.2, 0) is 0 Å². The highest BCUT2D eigenvalue weighted by Gasteiger charge is 2.56. The van der Waals surface area contributed by atoms with Gasteiger partial charge in [0.15, 0.2) is 0 Å². The number of piperidine rings is 1. The van der Waals surface area contributed by atoms with E-state index in [0.29, 0.717) is 0 Å². The fraction of sp³-hybridized carbons (Fsp3) is 1.00. The zero-order valence-corrected chi connectivity index (χ0v) is 3.95. The lowest BCUT2D eigenvalue weighted by Gasteiger charge is -2.03. The van der Waals surface area contributed by atoms with Crippen molar-refractivity contribution in [1.29, 1.82) is 0 Å². The summed E-state index contributed by atoms with van der Waals surface area (Å²) >= 11 is 0. The minimum atomic E-state index is -3.36. The van der Waals surface area contributed by atoms with Gasteiger partial charge in [-0.1, -0.05) is 0 Å². The van der Waals surface area contributed by atoms with Gasteiger partial charge in [0.05, 0.1) is 9.30 Å². The Bertz CT molecular complexity index is 379. The average Bonchev–Trinajstić information content (AvgIpc) is 2.32. The van der Waals surface area contributed by atoms with Crippen molar-refractivity contribution in [2.24, 2.45) is 11.3 Å². The topological polar surface area (TPSA) is 32.3 Å². The van der Waals surface area contributed by atoms with Gasteiger partial charge in [-0.3, -0.25) is 0 Å². The summed E-state index contributed by atoms with van der Waals surface area (Å²) < 4.78 is 67.2. The summed E-state index contributed by atoms with van der Waals surface area (Å²) in [5.74, 6) is -2.73. The molecule has 2 nitrogen and oxygen atoms in total. The zero-order valence-electron chi connectivity index (χ0n) is 12.9. The van der Waals surface area contributed by atoms with Crippen molar-refractivity contribution in [1.82, 2.24) is 5.32 Å². The highest BCUT2D eigenvalue weighted by Crippen LogP contribution is 2.54. The van der Waals surface area contributed by atoms with E-state index < -0.39 is 37.2 Å². The molecule has 0 amide bonds. The normalized spacial score (nSPS) is 97.9. The molecule has 0 aromatic carbocycles. The molecule has 1 saturated heterocycles. The van der Waals surface area contributed by atoms with Crippen LogP contribution < -0.4 is 5.32 Å². The maximum atomic E-state index is 9.41. The van der Waals surface area contributed by atoms with Gasteiger partial charge in [0.2, 0.25) is 0 Å². The molecule has 0 aromatic heterocycles. The second-order valence-corrected chi connectivity index (χ2v) is 1.74. The quantitative estimate of drug-likeness (QED) is 0.495. The predicted molar refractivity (Wildman–Crippen MR) is 30.5 cm³/mol. The summed E-state index contributed by atoms with van der Waals surface area (Å²) in [6, 6.07) is 0. The van der Waals surface area contributed by atoms with Gasteiger partial charge in [0, 0.05) is 21.5 Å². The van der Waals surface area contributed by atoms with Crippen LogP contribution in [0.15, 0.2) is 0 Å². The third-order valence-electron chi connectivity index (χ3n) is 1.23. The van der Waals surface area contributed by atoms with Gasteiger partial charge >= 0.3 is 0 Å². The van der Waals surface area contributed by atoms with Gasteiger partial charge < -0.3 is 10.4 Å². The van der Waals surface area contributed by atoms with E-state index in [2.05, 4.69) is 0 Å². The van der Waals surface area contributed by atoms with Crippen LogP contribution >= 0.6 is 0 Å². The molecule has 2 atom stereocenters. The van der Waals surface area contributed by atoms with Crippen molar-refractivity contribution in [3.05, 3.63) is 0 Å². The third kappa shape index (κ3) is 0.400. The van der Waals surface area contributed by atoms with Crippen molar-refractivity contribution in [2.45, 2.75) is 6.37 Å². The molecule has 0 radical (unpaired) electrons. The molecule has 2 aliphatic rings. The largest absolute Gasteiger partial charge is 0.396 e. The van der Waals surface area contributed by atoms with Crippen molar-refractivity contribution in [2.75, 3.05) is 19.6 Å². The van der Waals surface area contributed by atoms with Crippen LogP contribution in [0.1, 0.15) is 18.7 Å². The van der Waals surface area contributed by atoms with E-state index in [9.17, 15) is 5.11 Å². The first-order valence-electron chi connectivity index (χ1n) is 6.72. The fourth-order valence-electron chi connectivity index (χ4n) is 0.674. The molecule has 0 aromatic rings. The molecule has 1 aliphatic carbocycles. The first kappa shape index (κ1) is 1.18. The maximum absolute atomic E-state index is 9.41. The van der Waals surface area contributed by atoms with Crippen LogP contribution in [0, 0.1) is 11.3 Å². The lowest BCUT2D eigenvalue weighted by atomic mass is 10.1. The van der Waals surface area contributed by atoms with E-state index in [1.54, 1.807) is 5.32 Å². The van der Waals surface area contributed by atoms with Gasteiger partial charge in [-0.2, -0.15) is 0 Å². The smallest absolute Gasteiger partial charge is 0.0570 e. The van der Waals surface area contributed by atoms with E-state index in [1.165, 1.54) is 0 Å². The Morgan fingerprint density at radius 2 is 3.12 bits per heavy atom. The highest BCUT2D eigenvalue weighted by molar-refractivity contribution is 5.08. The summed E-state index contributed by atoms with van der Waals surface area (Å²) in [4.78, 5) is 0. The van der Waals surface area contributed by atoms with E-state index in [1.807, 2.05) is 0 Å². The predicted octanol–water partition coefficient (Wildman–Crippen LogP) is -0.412. The van der Waals surface area contributed by atoms with Gasteiger partial charge in [0.25, 0.3) is 0 Å². The van der Waals surface area contributed by atoms with Crippen LogP contribution in [0.3, 0.4) is 0 Å². The minimum absolute atomic E-state index is 1.75. The van der Waals surface area contributed by atoms with Gasteiger partial charge in [-0.15, -0.1) is 0 Å². The Labute approximate surface area is 61.5 Å². The van der Waals surface area contributed by atoms with Gasteiger partial charge in [0.1, 0.15) is 0 Å². The van der Waals surface area contributed by atoms with Crippen molar-refractivity contribution in [3.63, 3.8) is 0 Å². The zero-order chi connectivity index (χ0) is 13.7. The summed E-state index contributed by atoms with van der Waals surface area (Å²) in [7, 11) is 0. The van der Waals surface area contributed by atoms with Crippen molar-refractivity contribution >= 4 is 0 Å². The Morgan fingerprint density at radius 3 is 3.50 bits per heavy atom. The highest BCUT2D eigenvalue weighted by atomic mass is 16.3. The van der Waals surface area contributed by atoms with E-state index >= 15 is 0 Å². The van der Waals surface area contributed by atoms with Crippen LogP contribution in [0.2, 0.25) is 0 Å². The second-order valence-electron chi connectivity index (χ2n) is 1.74. The standard InChI is InChI=1S/C6H11NO/c8-4-6-1-5(6)2-7-3-6/h5,7-8H,1-4H2/i1D2,2D2,3D2,4D2,5D. The molecule has 2 heteroatoms. The van der Waals surface area contributed by atoms with Gasteiger partial charge in [-0.05, 0) is 18.8 Å². The number of fused-ring (bicyclic) bond motifs is 1. The van der Waals surface area contributed by atoms with E-state index in [-0.39, 0.29) is 0 Å². The summed E-state index contributed by atoms with van der Waals surface area (Å²) in [5, 5.41) is 11.2. The first-order valence-corrected chi connectivity index (χ1v) is 2.22. The number of rotatable bonds is 1. The lowest BCUT2D eigenvalue weighted by Crippen LogP contribution is -2.18. The molecule has 46 valence electrons. The fourth-order valence-corrected chi connectivity index (χ4v) is 0.674. The van der Waals surface area contributed by atoms with Crippen molar-refractivity contribution in [3.8, 4) is 0 Å². The number of hydrogen-bond donors (Lipinski definition) is 2. The number of nitrogens with one attached hydrogen (secondary N) is 1. The second kappa shape index (κ2) is 1.25. The Morgan fingerprint density at radius 1 is 2.25 bits per heavy atom. The molecule has 0 spiro atoms. The van der Waals surface area contributed by atoms with Crippen LogP contribution in [0.25, 0.3) is 0 Å². The first-order chi connectivity index (χ1) is 7.21. The molecular formula is C6H11NO. The molecule has 0 bridgehead atoms. The van der Waals surface area contributed by atoms with E-state index in [0.717, 1.165) is 0 Å². The molecule has 2 N–H and O–H groups in total. The summed E-state index contributed by atoms with van der Waals surface area (Å²) in [6.07, 6.45) is -2.82. The lowest BCUT2D eigenvalue weighted by molar-refractivity contribution is 0.214. The molecule has 2 rings (SSSR count). The molecule has 2 fully saturated rings.